The minimum atomic E-state index is -0.343. The number of hydrogen-bond donors (Lipinski definition) is 1. The Hall–Kier alpha value is -2.12. The Morgan fingerprint density at radius 2 is 2.16 bits per heavy atom. The number of piperidine rings is 1. The number of nitrogens with two attached hydrogens (primary N) is 1. The van der Waals surface area contributed by atoms with Crippen molar-refractivity contribution in [2.45, 2.75) is 25.3 Å². The Kier molecular flexibility index (Phi) is 4.35. The minimum absolute atomic E-state index is 0.189. The molecule has 1 amide bonds. The summed E-state index contributed by atoms with van der Waals surface area (Å²) in [6.45, 7) is 2.03. The molecule has 0 spiro atoms. The van der Waals surface area contributed by atoms with Crippen LogP contribution in [0.1, 0.15) is 24.6 Å². The summed E-state index contributed by atoms with van der Waals surface area (Å²) in [6, 6.07) is 5.80. The van der Waals surface area contributed by atoms with Gasteiger partial charge in [-0.15, -0.1) is 0 Å². The third-order valence-corrected chi connectivity index (χ3v) is 5.86. The van der Waals surface area contributed by atoms with Crippen molar-refractivity contribution in [1.29, 1.82) is 0 Å². The maximum Gasteiger partial charge on any atom is 0.237 e. The van der Waals surface area contributed by atoms with Gasteiger partial charge in [0.15, 0.2) is 5.13 Å². The summed E-state index contributed by atoms with van der Waals surface area (Å²) in [5.41, 5.74) is 6.30. The van der Waals surface area contributed by atoms with Crippen LogP contribution in [-0.2, 0) is 11.3 Å². The van der Waals surface area contributed by atoms with Gasteiger partial charge >= 0.3 is 0 Å². The van der Waals surface area contributed by atoms with Crippen molar-refractivity contribution in [2.75, 3.05) is 18.0 Å². The molecule has 2 aromatic heterocycles. The first-order chi connectivity index (χ1) is 12.1. The van der Waals surface area contributed by atoms with Crippen LogP contribution in [0.2, 0.25) is 5.02 Å². The zero-order chi connectivity index (χ0) is 17.4. The summed E-state index contributed by atoms with van der Waals surface area (Å²) in [4.78, 5) is 22.7. The van der Waals surface area contributed by atoms with Gasteiger partial charge in [0, 0.05) is 36.4 Å². The van der Waals surface area contributed by atoms with Crippen molar-refractivity contribution < 1.29 is 4.79 Å². The van der Waals surface area contributed by atoms with E-state index in [1.54, 1.807) is 17.5 Å². The molecule has 0 unspecified atom stereocenters. The molecule has 0 radical (unpaired) electrons. The van der Waals surface area contributed by atoms with Gasteiger partial charge in [0.1, 0.15) is 12.4 Å². The second kappa shape index (κ2) is 6.65. The maximum absolute atomic E-state index is 11.2. The largest absolute Gasteiger partial charge is 0.368 e. The van der Waals surface area contributed by atoms with Gasteiger partial charge in [-0.2, -0.15) is 0 Å². The van der Waals surface area contributed by atoms with Crippen LogP contribution in [0.25, 0.3) is 10.2 Å². The van der Waals surface area contributed by atoms with E-state index in [1.807, 2.05) is 29.0 Å². The molecule has 1 saturated heterocycles. The highest BCUT2D eigenvalue weighted by Gasteiger charge is 2.25. The lowest BCUT2D eigenvalue weighted by molar-refractivity contribution is -0.118. The molecular formula is C17H18ClN5OS. The Labute approximate surface area is 154 Å². The van der Waals surface area contributed by atoms with Crippen molar-refractivity contribution in [3.8, 4) is 0 Å². The highest BCUT2D eigenvalue weighted by molar-refractivity contribution is 7.22. The number of fused-ring (bicyclic) bond motifs is 1. The number of imidazole rings is 1. The van der Waals surface area contributed by atoms with Gasteiger partial charge in [0.25, 0.3) is 0 Å². The van der Waals surface area contributed by atoms with E-state index in [0.29, 0.717) is 5.92 Å². The molecule has 6 nitrogen and oxygen atoms in total. The van der Waals surface area contributed by atoms with Crippen LogP contribution >= 0.6 is 22.9 Å². The Balaban J connectivity index is 1.47. The molecular weight excluding hydrogens is 358 g/mol. The molecule has 1 aliphatic rings. The van der Waals surface area contributed by atoms with Crippen molar-refractivity contribution in [1.82, 2.24) is 14.5 Å². The number of thiazole rings is 1. The van der Waals surface area contributed by atoms with Crippen LogP contribution in [0.5, 0.6) is 0 Å². The van der Waals surface area contributed by atoms with Crippen LogP contribution < -0.4 is 10.6 Å². The van der Waals surface area contributed by atoms with Crippen molar-refractivity contribution in [3.05, 3.63) is 41.4 Å². The number of carbonyl (C=O) groups excluding carboxylic acids is 1. The molecule has 1 aromatic carbocycles. The lowest BCUT2D eigenvalue weighted by Crippen LogP contribution is -2.34. The standard InChI is InChI=1S/C17H18ClN5OS/c18-12-1-2-13-14(9-12)25-17(21-13)22-6-3-11(4-7-22)16-20-5-8-23(16)10-15(19)24/h1-2,5,8-9,11H,3-4,6-7,10H2,(H2,19,24). The van der Waals surface area contributed by atoms with Crippen molar-refractivity contribution in [3.63, 3.8) is 0 Å². The van der Waals surface area contributed by atoms with Crippen LogP contribution in [0.3, 0.4) is 0 Å². The number of rotatable bonds is 4. The molecule has 0 saturated carbocycles. The van der Waals surface area contributed by atoms with E-state index in [-0.39, 0.29) is 12.5 Å². The van der Waals surface area contributed by atoms with Crippen LogP contribution in [0.4, 0.5) is 5.13 Å². The summed E-state index contributed by atoms with van der Waals surface area (Å²) < 4.78 is 2.98. The lowest BCUT2D eigenvalue weighted by Gasteiger charge is -2.31. The van der Waals surface area contributed by atoms with Crippen LogP contribution in [-0.4, -0.2) is 33.5 Å². The summed E-state index contributed by atoms with van der Waals surface area (Å²) in [5, 5.41) is 1.78. The van der Waals surface area contributed by atoms with E-state index in [9.17, 15) is 4.79 Å². The fraction of sp³-hybridized carbons (Fsp3) is 0.353. The number of halogens is 1. The first-order valence-electron chi connectivity index (χ1n) is 8.20. The van der Waals surface area contributed by atoms with E-state index in [2.05, 4.69) is 9.88 Å². The quantitative estimate of drug-likeness (QED) is 0.760. The number of aromatic nitrogens is 3. The number of nitrogens with zero attached hydrogens (tertiary/aromatic N) is 4. The Morgan fingerprint density at radius 3 is 2.92 bits per heavy atom. The van der Waals surface area contributed by atoms with Crippen LogP contribution in [0.15, 0.2) is 30.6 Å². The van der Waals surface area contributed by atoms with E-state index >= 15 is 0 Å². The summed E-state index contributed by atoms with van der Waals surface area (Å²) in [7, 11) is 0. The second-order valence-electron chi connectivity index (χ2n) is 6.25. The van der Waals surface area contributed by atoms with Gasteiger partial charge in [0.2, 0.25) is 5.91 Å². The topological polar surface area (TPSA) is 77.0 Å². The Morgan fingerprint density at radius 1 is 1.36 bits per heavy atom. The lowest BCUT2D eigenvalue weighted by atomic mass is 9.96. The average Bonchev–Trinajstić information content (AvgIpc) is 3.20. The van der Waals surface area contributed by atoms with E-state index in [0.717, 1.165) is 52.1 Å². The van der Waals surface area contributed by atoms with Crippen molar-refractivity contribution in [2.24, 2.45) is 5.73 Å². The third kappa shape index (κ3) is 3.34. The molecule has 25 heavy (non-hydrogen) atoms. The number of amides is 1. The molecule has 3 aromatic rings. The minimum Gasteiger partial charge on any atom is -0.368 e. The van der Waals surface area contributed by atoms with Gasteiger partial charge in [0.05, 0.1) is 10.2 Å². The van der Waals surface area contributed by atoms with Crippen molar-refractivity contribution >= 4 is 44.2 Å². The maximum atomic E-state index is 11.2. The zero-order valence-electron chi connectivity index (χ0n) is 13.6. The van der Waals surface area contributed by atoms with Gasteiger partial charge in [-0.1, -0.05) is 22.9 Å². The molecule has 2 N–H and O–H groups in total. The molecule has 0 bridgehead atoms. The van der Waals surface area contributed by atoms with Gasteiger partial charge in [-0.3, -0.25) is 4.79 Å². The first kappa shape index (κ1) is 16.4. The number of primary amides is 1. The average molecular weight is 376 g/mol. The van der Waals surface area contributed by atoms with Gasteiger partial charge in [-0.05, 0) is 31.0 Å². The fourth-order valence-electron chi connectivity index (χ4n) is 3.33. The third-order valence-electron chi connectivity index (χ3n) is 4.54. The molecule has 4 rings (SSSR count). The normalized spacial score (nSPS) is 15.8. The predicted molar refractivity (Wildman–Crippen MR) is 100 cm³/mol. The van der Waals surface area contributed by atoms with E-state index < -0.39 is 0 Å². The second-order valence-corrected chi connectivity index (χ2v) is 7.69. The molecule has 3 heterocycles. The monoisotopic (exact) mass is 375 g/mol. The molecule has 8 heteroatoms. The van der Waals surface area contributed by atoms with Gasteiger partial charge in [-0.25, -0.2) is 9.97 Å². The molecule has 0 atom stereocenters. The van der Waals surface area contributed by atoms with Gasteiger partial charge < -0.3 is 15.2 Å². The zero-order valence-corrected chi connectivity index (χ0v) is 15.1. The highest BCUT2D eigenvalue weighted by atomic mass is 35.5. The first-order valence-corrected chi connectivity index (χ1v) is 9.40. The van der Waals surface area contributed by atoms with E-state index in [4.69, 9.17) is 22.3 Å². The number of carbonyl (C=O) groups is 1. The smallest absolute Gasteiger partial charge is 0.237 e. The number of hydrogen-bond acceptors (Lipinski definition) is 5. The summed E-state index contributed by atoms with van der Waals surface area (Å²) in [5.74, 6) is 0.953. The molecule has 1 aliphatic heterocycles. The summed E-state index contributed by atoms with van der Waals surface area (Å²) >= 11 is 7.74. The van der Waals surface area contributed by atoms with Crippen LogP contribution in [0, 0.1) is 0 Å². The number of benzene rings is 1. The molecule has 130 valence electrons. The molecule has 0 aliphatic carbocycles. The highest BCUT2D eigenvalue weighted by Crippen LogP contribution is 2.34. The molecule has 1 fully saturated rings. The fourth-order valence-corrected chi connectivity index (χ4v) is 4.63. The number of anilines is 1. The predicted octanol–water partition coefficient (Wildman–Crippen LogP) is 3.02. The summed E-state index contributed by atoms with van der Waals surface area (Å²) in [6.07, 6.45) is 5.52. The Bertz CT molecular complexity index is 913. The van der Waals surface area contributed by atoms with E-state index in [1.165, 1.54) is 0 Å². The SMILES string of the molecule is NC(=O)Cn1ccnc1C1CCN(c2nc3ccc(Cl)cc3s2)CC1.